The van der Waals surface area contributed by atoms with Gasteiger partial charge in [-0.15, -0.1) is 0 Å². The van der Waals surface area contributed by atoms with Crippen molar-refractivity contribution in [2.24, 2.45) is 11.8 Å². The zero-order valence-electron chi connectivity index (χ0n) is 21.2. The van der Waals surface area contributed by atoms with Crippen molar-refractivity contribution in [1.29, 1.82) is 0 Å². The number of hydrogen-bond acceptors (Lipinski definition) is 6. The van der Waals surface area contributed by atoms with Gasteiger partial charge in [0.1, 0.15) is 0 Å². The van der Waals surface area contributed by atoms with Crippen LogP contribution in [0.2, 0.25) is 0 Å². The molecule has 0 bridgehead atoms. The van der Waals surface area contributed by atoms with Crippen molar-refractivity contribution in [2.45, 2.75) is 91.6 Å². The molecule has 0 N–H and O–H groups in total. The van der Waals surface area contributed by atoms with Gasteiger partial charge < -0.3 is 50.5 Å². The zero-order valence-corrected chi connectivity index (χ0v) is 27.1. The minimum Gasteiger partial charge on any atom is -0.789 e. The van der Waals surface area contributed by atoms with Crippen LogP contribution in [0, 0.1) is 11.8 Å². The van der Waals surface area contributed by atoms with E-state index in [9.17, 15) is 0 Å². The molecule has 0 aliphatic rings. The van der Waals surface area contributed by atoms with Gasteiger partial charge in [0, 0.05) is 27.0 Å². The van der Waals surface area contributed by atoms with Gasteiger partial charge in [0.2, 0.25) is 0 Å². The molecule has 0 nitrogen and oxygen atoms in total. The van der Waals surface area contributed by atoms with Crippen LogP contribution in [0.5, 0.6) is 0 Å². The number of aryl methyl sites for hydroxylation is 2. The van der Waals surface area contributed by atoms with Crippen LogP contribution in [0.15, 0.2) is 32.1 Å². The van der Waals surface area contributed by atoms with E-state index in [0.29, 0.717) is 16.4 Å². The van der Waals surface area contributed by atoms with Gasteiger partial charge in [0.15, 0.2) is 0 Å². The maximum absolute atomic E-state index is 5.42. The van der Waals surface area contributed by atoms with Crippen LogP contribution in [-0.2, 0) is 79.8 Å². The molecule has 1 rings (SSSR count). The van der Waals surface area contributed by atoms with Crippen molar-refractivity contribution in [3.8, 4) is 0 Å². The van der Waals surface area contributed by atoms with Crippen LogP contribution < -0.4 is 0 Å². The molecule has 0 fully saturated rings. The van der Waals surface area contributed by atoms with Gasteiger partial charge in [-0.1, -0.05) is 73.6 Å². The van der Waals surface area contributed by atoms with Crippen LogP contribution in [-0.4, -0.2) is 10.5 Å². The minimum absolute atomic E-state index is 0. The summed E-state index contributed by atoms with van der Waals surface area (Å²) in [5.41, 5.74) is 3.90. The summed E-state index contributed by atoms with van der Waals surface area (Å²) < 4.78 is 1.75. The third kappa shape index (κ3) is 17.8. The molecule has 0 heterocycles. The van der Waals surface area contributed by atoms with E-state index in [-0.39, 0.29) is 16.5 Å². The second kappa shape index (κ2) is 19.9. The molecule has 0 unspecified atom stereocenters. The van der Waals surface area contributed by atoms with Crippen molar-refractivity contribution >= 4 is 78.9 Å². The molecule has 0 saturated heterocycles. The monoisotopic (exact) mass is 602 g/mol. The van der Waals surface area contributed by atoms with Gasteiger partial charge >= 0.3 is 0 Å². The Balaban J connectivity index is 0. The maximum atomic E-state index is 5.42. The van der Waals surface area contributed by atoms with Crippen molar-refractivity contribution < 1.29 is 16.5 Å². The number of thioether (sulfide) groups is 2. The Morgan fingerprint density at radius 1 is 0.788 bits per heavy atom. The molecule has 0 spiro atoms. The molecule has 1 aromatic rings. The van der Waals surface area contributed by atoms with E-state index in [1.165, 1.54) is 29.5 Å². The van der Waals surface area contributed by atoms with Crippen LogP contribution in [0.25, 0.3) is 4.91 Å². The van der Waals surface area contributed by atoms with Crippen LogP contribution in [0.3, 0.4) is 0 Å². The van der Waals surface area contributed by atoms with Crippen LogP contribution >= 0.6 is 23.5 Å². The molecule has 1 aromatic carbocycles. The number of benzene rings is 1. The first-order chi connectivity index (χ1) is 14.9. The fourth-order valence-electron chi connectivity index (χ4n) is 2.71. The van der Waals surface area contributed by atoms with Crippen molar-refractivity contribution in [3.63, 3.8) is 0 Å². The third-order valence-corrected chi connectivity index (χ3v) is 8.40. The van der Waals surface area contributed by atoms with E-state index in [4.69, 9.17) is 50.5 Å². The van der Waals surface area contributed by atoms with Gasteiger partial charge in [-0.05, 0) is 54.2 Å². The Bertz CT molecular complexity index is 705. The maximum Gasteiger partial charge on any atom is 0.00166 e. The summed E-state index contributed by atoms with van der Waals surface area (Å²) in [4.78, 5) is 0.810. The molecular weight excluding hydrogens is 563 g/mol. The molecule has 194 valence electrons. The predicted molar refractivity (Wildman–Crippen MR) is 163 cm³/mol. The Kier molecular flexibility index (Phi) is 21.7. The summed E-state index contributed by atoms with van der Waals surface area (Å²) in [7, 11) is 0. The van der Waals surface area contributed by atoms with Crippen molar-refractivity contribution in [1.82, 2.24) is 0 Å². The molecule has 0 radical (unpaired) electrons. The Labute approximate surface area is 245 Å². The Morgan fingerprint density at radius 3 is 1.64 bits per heavy atom. The molecule has 33 heavy (non-hydrogen) atoms. The van der Waals surface area contributed by atoms with E-state index in [0.717, 1.165) is 32.1 Å². The molecule has 7 heteroatoms. The summed E-state index contributed by atoms with van der Waals surface area (Å²) >= 11 is 24.2. The molecule has 0 aliphatic heterocycles. The van der Waals surface area contributed by atoms with E-state index in [2.05, 4.69) is 73.6 Å². The Morgan fingerprint density at radius 2 is 1.24 bits per heavy atom. The first-order valence-electron chi connectivity index (χ1n) is 11.4. The number of rotatable bonds is 11. The van der Waals surface area contributed by atoms with Crippen molar-refractivity contribution in [3.05, 3.63) is 48.8 Å². The van der Waals surface area contributed by atoms with E-state index < -0.39 is 0 Å². The van der Waals surface area contributed by atoms with Crippen LogP contribution in [0.4, 0.5) is 0 Å². The van der Waals surface area contributed by atoms with E-state index in [1.54, 1.807) is 28.9 Å². The average Bonchev–Trinajstić information content (AvgIpc) is 2.69. The zero-order chi connectivity index (χ0) is 24.8. The molecular formula is C26H40NiS6-4. The summed E-state index contributed by atoms with van der Waals surface area (Å²) in [6.07, 6.45) is 4.61. The molecule has 0 aliphatic carbocycles. The quantitative estimate of drug-likeness (QED) is 0.182. The third-order valence-electron chi connectivity index (χ3n) is 4.40. The Hall–Kier alpha value is 0.774. The standard InChI is InChI=1S/C18H28S2.C8H16S4.Ni/c1-13(2)5-7-15-8-10-16(9-6-14(3)4)17(11-15)18(20)12-19;1-5(2)11-7(9)8(10)12-6(3)4;/h8,10-14,19-20H,5-7,9H2,1-4H3;5-6,9-10H,1-4H3;/p-4/b18-12-;8-7-;. The molecule has 0 aromatic heterocycles. The summed E-state index contributed by atoms with van der Waals surface area (Å²) in [5.74, 6) is 1.45. The summed E-state index contributed by atoms with van der Waals surface area (Å²) in [5, 5.41) is 2.70. The minimum atomic E-state index is 0. The predicted octanol–water partition coefficient (Wildman–Crippen LogP) is 8.74. The van der Waals surface area contributed by atoms with Gasteiger partial charge in [-0.3, -0.25) is 0 Å². The van der Waals surface area contributed by atoms with Gasteiger partial charge in [-0.25, -0.2) is 5.41 Å². The van der Waals surface area contributed by atoms with Crippen LogP contribution in [0.1, 0.15) is 84.9 Å². The van der Waals surface area contributed by atoms with Gasteiger partial charge in [0.25, 0.3) is 0 Å². The summed E-state index contributed by atoms with van der Waals surface area (Å²) in [6, 6.07) is 6.76. The van der Waals surface area contributed by atoms with E-state index >= 15 is 0 Å². The first kappa shape index (κ1) is 35.9. The average molecular weight is 604 g/mol. The fraction of sp³-hybridized carbons (Fsp3) is 0.615. The topological polar surface area (TPSA) is 0 Å². The molecule has 0 saturated carbocycles. The smallest absolute Gasteiger partial charge is 0.00166 e. The van der Waals surface area contributed by atoms with Crippen molar-refractivity contribution in [2.75, 3.05) is 0 Å². The SMILES string of the molecule is CC(C)CCc1ccc(CCC(C)C)c(/C([S-])=C/[S-])c1.CC(C)S/C([S-])=C(/[S-])SC(C)C.[Ni]. The van der Waals surface area contributed by atoms with Gasteiger partial charge in [0.05, 0.1) is 0 Å². The molecule has 0 amide bonds. The fourth-order valence-corrected chi connectivity index (χ4v) is 5.81. The largest absolute Gasteiger partial charge is 0.789 e. The first-order valence-corrected chi connectivity index (χ1v) is 14.9. The normalized spacial score (nSPS) is 12.5. The molecule has 0 atom stereocenters. The number of hydrogen-bond donors (Lipinski definition) is 0. The second-order valence-electron chi connectivity index (χ2n) is 9.25. The van der Waals surface area contributed by atoms with Gasteiger partial charge in [-0.2, -0.15) is 36.9 Å². The van der Waals surface area contributed by atoms with E-state index in [1.807, 2.05) is 0 Å². The second-order valence-corrected chi connectivity index (χ2v) is 14.4. The summed E-state index contributed by atoms with van der Waals surface area (Å²) in [6.45, 7) is 17.5.